The van der Waals surface area contributed by atoms with Crippen molar-refractivity contribution in [1.82, 2.24) is 0 Å². The van der Waals surface area contributed by atoms with Gasteiger partial charge in [-0.25, -0.2) is 4.79 Å². The van der Waals surface area contributed by atoms with Gasteiger partial charge in [0.15, 0.2) is 0 Å². The van der Waals surface area contributed by atoms with Crippen LogP contribution in [0.5, 0.6) is 0 Å². The molecule has 0 bridgehead atoms. The molecule has 1 aromatic rings. The van der Waals surface area contributed by atoms with Crippen LogP contribution in [0.4, 0.5) is 5.69 Å². The van der Waals surface area contributed by atoms with Gasteiger partial charge in [0, 0.05) is 29.7 Å². The zero-order valence-electron chi connectivity index (χ0n) is 12.1. The van der Waals surface area contributed by atoms with Crippen LogP contribution in [0.1, 0.15) is 36.2 Å². The molecule has 3 rings (SSSR count). The second-order valence-corrected chi connectivity index (χ2v) is 6.52. The molecule has 2 N–H and O–H groups in total. The number of benzene rings is 1. The number of nitrogens with one attached hydrogen (secondary N) is 1. The fraction of sp³-hybridized carbons (Fsp3) is 0.562. The zero-order chi connectivity index (χ0) is 14.5. The minimum atomic E-state index is -0.882. The van der Waals surface area contributed by atoms with E-state index in [0.717, 1.165) is 24.3 Å². The highest BCUT2D eigenvalue weighted by Crippen LogP contribution is 2.53. The van der Waals surface area contributed by atoms with Gasteiger partial charge in [0.1, 0.15) is 0 Å². The summed E-state index contributed by atoms with van der Waals surface area (Å²) in [5.74, 6) is -0.309. The molecule has 3 atom stereocenters. The third-order valence-corrected chi connectivity index (χ3v) is 4.88. The molecule has 1 saturated heterocycles. The Balaban J connectivity index is 1.80. The van der Waals surface area contributed by atoms with E-state index in [-0.39, 0.29) is 5.41 Å². The van der Waals surface area contributed by atoms with Crippen molar-refractivity contribution in [2.45, 2.75) is 39.3 Å². The summed E-state index contributed by atoms with van der Waals surface area (Å²) in [5, 5.41) is 12.6. The Bertz CT molecular complexity index is 553. The maximum Gasteiger partial charge on any atom is 0.335 e. The molecule has 4 nitrogen and oxygen atoms in total. The van der Waals surface area contributed by atoms with Gasteiger partial charge in [-0.1, -0.05) is 13.8 Å². The molecule has 0 aromatic heterocycles. The molecule has 1 heterocycles. The lowest BCUT2D eigenvalue weighted by Gasteiger charge is -2.55. The second-order valence-electron chi connectivity index (χ2n) is 6.52. The van der Waals surface area contributed by atoms with Crippen LogP contribution in [0.2, 0.25) is 0 Å². The molecular weight excluding hydrogens is 254 g/mol. The van der Waals surface area contributed by atoms with Crippen molar-refractivity contribution < 1.29 is 14.6 Å². The highest BCUT2D eigenvalue weighted by atomic mass is 16.5. The van der Waals surface area contributed by atoms with Crippen LogP contribution < -0.4 is 5.32 Å². The van der Waals surface area contributed by atoms with E-state index in [1.165, 1.54) is 0 Å². The largest absolute Gasteiger partial charge is 0.478 e. The Labute approximate surface area is 119 Å². The predicted octanol–water partition coefficient (Wildman–Crippen LogP) is 2.92. The summed E-state index contributed by atoms with van der Waals surface area (Å²) in [6, 6.07) is 5.65. The van der Waals surface area contributed by atoms with Gasteiger partial charge in [-0.05, 0) is 37.1 Å². The van der Waals surface area contributed by atoms with Crippen LogP contribution in [-0.4, -0.2) is 29.8 Å². The van der Waals surface area contributed by atoms with E-state index in [1.54, 1.807) is 12.1 Å². The second kappa shape index (κ2) is 4.48. The van der Waals surface area contributed by atoms with Crippen molar-refractivity contribution >= 4 is 11.7 Å². The summed E-state index contributed by atoms with van der Waals surface area (Å²) >= 11 is 0. The van der Waals surface area contributed by atoms with Crippen LogP contribution >= 0.6 is 0 Å². The lowest BCUT2D eigenvalue weighted by molar-refractivity contribution is -0.0923. The first kappa shape index (κ1) is 13.4. The van der Waals surface area contributed by atoms with E-state index in [4.69, 9.17) is 9.84 Å². The van der Waals surface area contributed by atoms with Gasteiger partial charge in [0.2, 0.25) is 0 Å². The van der Waals surface area contributed by atoms with E-state index in [0.29, 0.717) is 23.6 Å². The summed E-state index contributed by atoms with van der Waals surface area (Å²) in [6.45, 7) is 7.27. The molecule has 1 saturated carbocycles. The molecule has 1 aliphatic heterocycles. The first-order chi connectivity index (χ1) is 9.41. The topological polar surface area (TPSA) is 58.6 Å². The number of hydrogen-bond donors (Lipinski definition) is 2. The number of fused-ring (bicyclic) bond motifs is 1. The third kappa shape index (κ3) is 1.90. The van der Waals surface area contributed by atoms with E-state index in [9.17, 15) is 4.79 Å². The smallest absolute Gasteiger partial charge is 0.335 e. The quantitative estimate of drug-likeness (QED) is 0.890. The molecule has 20 heavy (non-hydrogen) atoms. The molecule has 0 spiro atoms. The normalized spacial score (nSPS) is 30.4. The van der Waals surface area contributed by atoms with Crippen LogP contribution in [0, 0.1) is 18.3 Å². The molecular formula is C16H21NO3. The lowest BCUT2D eigenvalue weighted by atomic mass is 9.57. The third-order valence-electron chi connectivity index (χ3n) is 4.88. The first-order valence-electron chi connectivity index (χ1n) is 7.13. The fourth-order valence-electron chi connectivity index (χ4n) is 3.74. The monoisotopic (exact) mass is 275 g/mol. The van der Waals surface area contributed by atoms with E-state index < -0.39 is 5.97 Å². The van der Waals surface area contributed by atoms with Crippen molar-refractivity contribution in [3.05, 3.63) is 29.3 Å². The van der Waals surface area contributed by atoms with E-state index in [2.05, 4.69) is 19.2 Å². The molecule has 108 valence electrons. The Morgan fingerprint density at radius 1 is 1.45 bits per heavy atom. The van der Waals surface area contributed by atoms with Crippen molar-refractivity contribution in [3.63, 3.8) is 0 Å². The standard InChI is InChI=1S/C16H21NO3/c1-9-8-10(15(18)19)4-5-12(9)17-13-11-6-7-20-14(11)16(13,2)3/h4-5,8,11,13-14,17H,6-7H2,1-3H3,(H,18,19). The average molecular weight is 275 g/mol. The van der Waals surface area contributed by atoms with Crippen LogP contribution in [0.15, 0.2) is 18.2 Å². The van der Waals surface area contributed by atoms with Gasteiger partial charge in [-0.2, -0.15) is 0 Å². The van der Waals surface area contributed by atoms with Gasteiger partial charge in [-0.15, -0.1) is 0 Å². The number of rotatable bonds is 3. The number of carbonyl (C=O) groups is 1. The van der Waals surface area contributed by atoms with Gasteiger partial charge < -0.3 is 15.2 Å². The minimum Gasteiger partial charge on any atom is -0.478 e. The number of aryl methyl sites for hydroxylation is 1. The van der Waals surface area contributed by atoms with Crippen molar-refractivity contribution in [2.75, 3.05) is 11.9 Å². The van der Waals surface area contributed by atoms with Gasteiger partial charge >= 0.3 is 5.97 Å². The molecule has 2 fully saturated rings. The average Bonchev–Trinajstić information content (AvgIpc) is 2.83. The van der Waals surface area contributed by atoms with Crippen molar-refractivity contribution in [2.24, 2.45) is 11.3 Å². The van der Waals surface area contributed by atoms with Crippen LogP contribution in [0.3, 0.4) is 0 Å². The molecule has 4 heteroatoms. The number of ether oxygens (including phenoxy) is 1. The van der Waals surface area contributed by atoms with E-state index in [1.807, 2.05) is 13.0 Å². The summed E-state index contributed by atoms with van der Waals surface area (Å²) in [6.07, 6.45) is 1.47. The molecule has 1 aromatic carbocycles. The molecule has 2 aliphatic rings. The summed E-state index contributed by atoms with van der Waals surface area (Å²) in [5.41, 5.74) is 2.46. The number of carboxylic acids is 1. The van der Waals surface area contributed by atoms with Crippen molar-refractivity contribution in [3.8, 4) is 0 Å². The van der Waals surface area contributed by atoms with Gasteiger partial charge in [-0.3, -0.25) is 0 Å². The number of anilines is 1. The van der Waals surface area contributed by atoms with Crippen LogP contribution in [-0.2, 0) is 4.74 Å². The Morgan fingerprint density at radius 2 is 2.20 bits per heavy atom. The Hall–Kier alpha value is -1.55. The maximum absolute atomic E-state index is 11.0. The SMILES string of the molecule is Cc1cc(C(=O)O)ccc1NC1C2CCOC2C1(C)C. The van der Waals surface area contributed by atoms with Gasteiger partial charge in [0.25, 0.3) is 0 Å². The molecule has 0 amide bonds. The molecule has 3 unspecified atom stereocenters. The van der Waals surface area contributed by atoms with Gasteiger partial charge in [0.05, 0.1) is 11.7 Å². The molecule has 1 aliphatic carbocycles. The minimum absolute atomic E-state index is 0.124. The van der Waals surface area contributed by atoms with E-state index >= 15 is 0 Å². The predicted molar refractivity (Wildman–Crippen MR) is 77.2 cm³/mol. The summed E-state index contributed by atoms with van der Waals surface area (Å²) in [7, 11) is 0. The summed E-state index contributed by atoms with van der Waals surface area (Å²) in [4.78, 5) is 11.0. The summed E-state index contributed by atoms with van der Waals surface area (Å²) < 4.78 is 5.80. The highest BCUT2D eigenvalue weighted by Gasteiger charge is 2.59. The number of hydrogen-bond acceptors (Lipinski definition) is 3. The number of carboxylic acid groups (broad SMARTS) is 1. The zero-order valence-corrected chi connectivity index (χ0v) is 12.1. The maximum atomic E-state index is 11.0. The fourth-order valence-corrected chi connectivity index (χ4v) is 3.74. The van der Waals surface area contributed by atoms with Crippen molar-refractivity contribution in [1.29, 1.82) is 0 Å². The lowest BCUT2D eigenvalue weighted by Crippen LogP contribution is -2.63. The Kier molecular flexibility index (Phi) is 3.01. The Morgan fingerprint density at radius 3 is 2.85 bits per heavy atom. The van der Waals surface area contributed by atoms with Crippen LogP contribution in [0.25, 0.3) is 0 Å². The highest BCUT2D eigenvalue weighted by molar-refractivity contribution is 5.88. The first-order valence-corrected chi connectivity index (χ1v) is 7.13. The molecule has 0 radical (unpaired) electrons. The number of aromatic carboxylic acids is 1.